The fourth-order valence-electron chi connectivity index (χ4n) is 1.60. The molecule has 0 amide bonds. The number of nitrogen functional groups attached to an aromatic ring is 1. The van der Waals surface area contributed by atoms with Crippen molar-refractivity contribution in [3.05, 3.63) is 28.3 Å². The van der Waals surface area contributed by atoms with Crippen LogP contribution < -0.4 is 16.6 Å². The van der Waals surface area contributed by atoms with Crippen LogP contribution >= 0.6 is 0 Å². The van der Waals surface area contributed by atoms with Gasteiger partial charge < -0.3 is 10.7 Å². The van der Waals surface area contributed by atoms with E-state index < -0.39 is 4.92 Å². The largest absolute Gasteiger partial charge is 0.374 e. The van der Waals surface area contributed by atoms with E-state index in [1.807, 2.05) is 6.92 Å². The van der Waals surface area contributed by atoms with Crippen LogP contribution in [-0.4, -0.2) is 10.5 Å². The summed E-state index contributed by atoms with van der Waals surface area (Å²) in [6, 6.07) is 5.01. The van der Waals surface area contributed by atoms with Crippen molar-refractivity contribution in [2.24, 2.45) is 5.84 Å². The summed E-state index contributed by atoms with van der Waals surface area (Å²) in [6.07, 6.45) is 2.06. The van der Waals surface area contributed by atoms with Gasteiger partial charge in [0.25, 0.3) is 0 Å². The fraction of sp³-hybridized carbons (Fsp3) is 0.400. The molecule has 2 rings (SSSR count). The highest BCUT2D eigenvalue weighted by Gasteiger charge is 2.38. The second-order valence-corrected chi connectivity index (χ2v) is 4.29. The van der Waals surface area contributed by atoms with Gasteiger partial charge in [-0.25, -0.2) is 0 Å². The standard InChI is InChI=1S/C10H14N4O2/c1-10(5-6-10)12-7-3-2-4-8(13-11)9(7)14(15)16/h2-4,12-13H,5-6,11H2,1H3. The molecule has 1 aromatic carbocycles. The number of rotatable bonds is 4. The van der Waals surface area contributed by atoms with Crippen molar-refractivity contribution in [3.8, 4) is 0 Å². The molecule has 16 heavy (non-hydrogen) atoms. The average molecular weight is 222 g/mol. The second-order valence-electron chi connectivity index (χ2n) is 4.29. The summed E-state index contributed by atoms with van der Waals surface area (Å²) < 4.78 is 0. The van der Waals surface area contributed by atoms with Gasteiger partial charge in [-0.3, -0.25) is 16.0 Å². The van der Waals surface area contributed by atoms with Crippen LogP contribution in [0.5, 0.6) is 0 Å². The van der Waals surface area contributed by atoms with Crippen LogP contribution in [0.25, 0.3) is 0 Å². The van der Waals surface area contributed by atoms with E-state index in [1.54, 1.807) is 18.2 Å². The molecule has 0 heterocycles. The number of nitro benzene ring substituents is 1. The molecule has 0 unspecified atom stereocenters. The first-order valence-electron chi connectivity index (χ1n) is 5.08. The van der Waals surface area contributed by atoms with E-state index in [0.29, 0.717) is 11.4 Å². The first-order chi connectivity index (χ1) is 7.56. The monoisotopic (exact) mass is 222 g/mol. The first kappa shape index (κ1) is 10.7. The Morgan fingerprint density at radius 2 is 2.06 bits per heavy atom. The van der Waals surface area contributed by atoms with Crippen LogP contribution in [0.15, 0.2) is 18.2 Å². The molecule has 1 saturated carbocycles. The van der Waals surface area contributed by atoms with E-state index in [9.17, 15) is 10.1 Å². The molecule has 86 valence electrons. The number of anilines is 2. The van der Waals surface area contributed by atoms with Crippen LogP contribution in [0, 0.1) is 10.1 Å². The number of nitrogens with two attached hydrogens (primary N) is 1. The Morgan fingerprint density at radius 1 is 1.44 bits per heavy atom. The van der Waals surface area contributed by atoms with Crippen molar-refractivity contribution in [1.82, 2.24) is 0 Å². The molecule has 1 aromatic rings. The Morgan fingerprint density at radius 3 is 2.56 bits per heavy atom. The van der Waals surface area contributed by atoms with Gasteiger partial charge in [0.15, 0.2) is 0 Å². The lowest BCUT2D eigenvalue weighted by molar-refractivity contribution is -0.383. The fourth-order valence-corrected chi connectivity index (χ4v) is 1.60. The minimum Gasteiger partial charge on any atom is -0.374 e. The predicted octanol–water partition coefficient (Wildman–Crippen LogP) is 1.84. The number of hydrogen-bond donors (Lipinski definition) is 3. The highest BCUT2D eigenvalue weighted by atomic mass is 16.6. The van der Waals surface area contributed by atoms with Gasteiger partial charge >= 0.3 is 5.69 Å². The number of nitrogens with one attached hydrogen (secondary N) is 2. The van der Waals surface area contributed by atoms with Gasteiger partial charge in [0.2, 0.25) is 0 Å². The Bertz CT molecular complexity index is 429. The maximum atomic E-state index is 11.0. The molecule has 6 nitrogen and oxygen atoms in total. The average Bonchev–Trinajstić information content (AvgIpc) is 2.95. The molecular weight excluding hydrogens is 208 g/mol. The third-order valence-corrected chi connectivity index (χ3v) is 2.81. The zero-order chi connectivity index (χ0) is 11.8. The molecule has 0 saturated heterocycles. The normalized spacial score (nSPS) is 16.6. The molecule has 0 radical (unpaired) electrons. The SMILES string of the molecule is CC1(Nc2cccc(NN)c2[N+](=O)[O-])CC1. The Hall–Kier alpha value is -1.82. The van der Waals surface area contributed by atoms with Crippen molar-refractivity contribution in [2.75, 3.05) is 10.7 Å². The lowest BCUT2D eigenvalue weighted by Crippen LogP contribution is -2.18. The van der Waals surface area contributed by atoms with E-state index >= 15 is 0 Å². The highest BCUT2D eigenvalue weighted by molar-refractivity contribution is 5.76. The molecule has 1 fully saturated rings. The predicted molar refractivity (Wildman–Crippen MR) is 62.2 cm³/mol. The van der Waals surface area contributed by atoms with Gasteiger partial charge in [-0.05, 0) is 31.9 Å². The maximum Gasteiger partial charge on any atom is 0.316 e. The quantitative estimate of drug-likeness (QED) is 0.410. The lowest BCUT2D eigenvalue weighted by Gasteiger charge is -2.14. The van der Waals surface area contributed by atoms with Gasteiger partial charge in [-0.2, -0.15) is 0 Å². The summed E-state index contributed by atoms with van der Waals surface area (Å²) in [4.78, 5) is 10.6. The minimum absolute atomic E-state index is 0.00174. The van der Waals surface area contributed by atoms with Gasteiger partial charge in [0.05, 0.1) is 4.92 Å². The highest BCUT2D eigenvalue weighted by Crippen LogP contribution is 2.42. The molecule has 0 bridgehead atoms. The van der Waals surface area contributed by atoms with Crippen LogP contribution in [-0.2, 0) is 0 Å². The second kappa shape index (κ2) is 3.64. The maximum absolute atomic E-state index is 11.0. The van der Waals surface area contributed by atoms with Crippen molar-refractivity contribution in [3.63, 3.8) is 0 Å². The third kappa shape index (κ3) is 1.92. The zero-order valence-corrected chi connectivity index (χ0v) is 8.99. The van der Waals surface area contributed by atoms with Gasteiger partial charge in [0.1, 0.15) is 11.4 Å². The molecule has 6 heteroatoms. The number of benzene rings is 1. The Kier molecular flexibility index (Phi) is 2.43. The number of para-hydroxylation sites is 1. The Balaban J connectivity index is 2.39. The van der Waals surface area contributed by atoms with Crippen LogP contribution in [0.3, 0.4) is 0 Å². The third-order valence-electron chi connectivity index (χ3n) is 2.81. The summed E-state index contributed by atoms with van der Waals surface area (Å²) in [7, 11) is 0. The number of nitro groups is 1. The van der Waals surface area contributed by atoms with Crippen LogP contribution in [0.2, 0.25) is 0 Å². The molecule has 1 aliphatic carbocycles. The van der Waals surface area contributed by atoms with E-state index in [1.165, 1.54) is 0 Å². The smallest absolute Gasteiger partial charge is 0.316 e. The topological polar surface area (TPSA) is 93.2 Å². The first-order valence-corrected chi connectivity index (χ1v) is 5.08. The summed E-state index contributed by atoms with van der Waals surface area (Å²) in [6.45, 7) is 2.04. The zero-order valence-electron chi connectivity index (χ0n) is 8.99. The van der Waals surface area contributed by atoms with Crippen molar-refractivity contribution in [2.45, 2.75) is 25.3 Å². The Labute approximate surface area is 92.9 Å². The molecule has 0 aromatic heterocycles. The number of hydrazine groups is 1. The molecule has 0 spiro atoms. The molecule has 0 aliphatic heterocycles. The van der Waals surface area contributed by atoms with Crippen molar-refractivity contribution >= 4 is 17.1 Å². The van der Waals surface area contributed by atoms with E-state index in [0.717, 1.165) is 12.8 Å². The summed E-state index contributed by atoms with van der Waals surface area (Å²) in [5, 5.41) is 14.2. The summed E-state index contributed by atoms with van der Waals surface area (Å²) in [5.41, 5.74) is 3.17. The van der Waals surface area contributed by atoms with Gasteiger partial charge in [-0.15, -0.1) is 0 Å². The number of nitrogens with zero attached hydrogens (tertiary/aromatic N) is 1. The minimum atomic E-state index is -0.427. The lowest BCUT2D eigenvalue weighted by atomic mass is 10.2. The molecule has 4 N–H and O–H groups in total. The summed E-state index contributed by atoms with van der Waals surface area (Å²) >= 11 is 0. The van der Waals surface area contributed by atoms with Crippen molar-refractivity contribution < 1.29 is 4.92 Å². The van der Waals surface area contributed by atoms with Crippen LogP contribution in [0.4, 0.5) is 17.1 Å². The van der Waals surface area contributed by atoms with E-state index in [4.69, 9.17) is 5.84 Å². The van der Waals surface area contributed by atoms with Crippen LogP contribution in [0.1, 0.15) is 19.8 Å². The molecule has 1 aliphatic rings. The van der Waals surface area contributed by atoms with Gasteiger partial charge in [0, 0.05) is 5.54 Å². The number of hydrogen-bond acceptors (Lipinski definition) is 5. The molecular formula is C10H14N4O2. The van der Waals surface area contributed by atoms with Crippen molar-refractivity contribution in [1.29, 1.82) is 0 Å². The summed E-state index contributed by atoms with van der Waals surface area (Å²) in [5.74, 6) is 5.25. The van der Waals surface area contributed by atoms with E-state index in [2.05, 4.69) is 10.7 Å². The van der Waals surface area contributed by atoms with Gasteiger partial charge in [-0.1, -0.05) is 6.07 Å². The molecule has 0 atom stereocenters. The van der Waals surface area contributed by atoms with E-state index in [-0.39, 0.29) is 11.2 Å².